The smallest absolute Gasteiger partial charge is 0.322 e. The van der Waals surface area contributed by atoms with Crippen LogP contribution in [0.5, 0.6) is 5.75 Å². The zero-order chi connectivity index (χ0) is 18.3. The van der Waals surface area contributed by atoms with Crippen LogP contribution in [0.15, 0.2) is 39.2 Å². The van der Waals surface area contributed by atoms with Gasteiger partial charge in [0.1, 0.15) is 5.69 Å². The van der Waals surface area contributed by atoms with Gasteiger partial charge in [-0.1, -0.05) is 17.2 Å². The number of methoxy groups -OCH3 is 1. The highest BCUT2D eigenvalue weighted by atomic mass is 16.5. The number of ether oxygens (including phenoxy) is 1. The first-order valence-electron chi connectivity index (χ1n) is 7.77. The van der Waals surface area contributed by atoms with Crippen molar-refractivity contribution in [3.8, 4) is 17.3 Å². The molecule has 3 aromatic heterocycles. The number of benzene rings is 1. The normalized spacial score (nSPS) is 11.0. The third-order valence-electron chi connectivity index (χ3n) is 3.82. The van der Waals surface area contributed by atoms with Gasteiger partial charge in [-0.2, -0.15) is 5.10 Å². The Morgan fingerprint density at radius 1 is 1.23 bits per heavy atom. The van der Waals surface area contributed by atoms with E-state index >= 15 is 0 Å². The standard InChI is InChI=1S/C17H15N5O4/c1-9-7-11(22(2)21-9)16-19-20-17(26-16)18-15(23)13-8-10-5-4-6-12(24-3)14(10)25-13/h4-8H,1-3H3,(H,18,20,23). The lowest BCUT2D eigenvalue weighted by atomic mass is 10.2. The van der Waals surface area contributed by atoms with Gasteiger partial charge in [0.05, 0.1) is 12.8 Å². The highest BCUT2D eigenvalue weighted by Crippen LogP contribution is 2.29. The van der Waals surface area contributed by atoms with Gasteiger partial charge < -0.3 is 13.6 Å². The summed E-state index contributed by atoms with van der Waals surface area (Å²) in [6.07, 6.45) is 0. The number of carbonyl (C=O) groups is 1. The van der Waals surface area contributed by atoms with Crippen LogP contribution >= 0.6 is 0 Å². The molecule has 3 heterocycles. The fourth-order valence-electron chi connectivity index (χ4n) is 2.66. The van der Waals surface area contributed by atoms with E-state index in [1.807, 2.05) is 25.1 Å². The van der Waals surface area contributed by atoms with E-state index in [0.717, 1.165) is 11.1 Å². The summed E-state index contributed by atoms with van der Waals surface area (Å²) in [7, 11) is 3.31. The number of rotatable bonds is 4. The predicted octanol–water partition coefficient (Wildman–Crippen LogP) is 2.79. The van der Waals surface area contributed by atoms with Crippen molar-refractivity contribution in [1.82, 2.24) is 20.0 Å². The molecule has 0 aliphatic rings. The molecule has 1 aromatic carbocycles. The SMILES string of the molecule is COc1cccc2cc(C(=O)Nc3nnc(-c4cc(C)nn4C)o3)oc12. The Hall–Kier alpha value is -3.62. The zero-order valence-electron chi connectivity index (χ0n) is 14.3. The van der Waals surface area contributed by atoms with E-state index in [1.54, 1.807) is 23.9 Å². The molecular weight excluding hydrogens is 338 g/mol. The minimum Gasteiger partial charge on any atom is -0.493 e. The van der Waals surface area contributed by atoms with Crippen LogP contribution in [0.2, 0.25) is 0 Å². The lowest BCUT2D eigenvalue weighted by molar-refractivity contribution is 0.0995. The van der Waals surface area contributed by atoms with Crippen molar-refractivity contribution in [2.45, 2.75) is 6.92 Å². The number of amides is 1. The minimum absolute atomic E-state index is 0.0312. The molecule has 4 aromatic rings. The van der Waals surface area contributed by atoms with E-state index in [0.29, 0.717) is 17.0 Å². The Balaban J connectivity index is 1.58. The zero-order valence-corrected chi connectivity index (χ0v) is 14.3. The van der Waals surface area contributed by atoms with Crippen LogP contribution in [0.4, 0.5) is 6.01 Å². The largest absolute Gasteiger partial charge is 0.493 e. The number of aromatic nitrogens is 4. The van der Waals surface area contributed by atoms with Crippen molar-refractivity contribution in [1.29, 1.82) is 0 Å². The molecule has 132 valence electrons. The summed E-state index contributed by atoms with van der Waals surface area (Å²) in [5.74, 6) is 0.420. The number of hydrogen-bond donors (Lipinski definition) is 1. The molecule has 0 saturated carbocycles. The van der Waals surface area contributed by atoms with Gasteiger partial charge in [-0.25, -0.2) is 0 Å². The van der Waals surface area contributed by atoms with Crippen LogP contribution in [-0.2, 0) is 7.05 Å². The molecular formula is C17H15N5O4. The molecule has 26 heavy (non-hydrogen) atoms. The maximum Gasteiger partial charge on any atom is 0.322 e. The van der Waals surface area contributed by atoms with Gasteiger partial charge in [0.15, 0.2) is 17.1 Å². The highest BCUT2D eigenvalue weighted by molar-refractivity contribution is 6.04. The number of anilines is 1. The number of hydrogen-bond acceptors (Lipinski definition) is 7. The summed E-state index contributed by atoms with van der Waals surface area (Å²) in [6, 6.07) is 8.80. The summed E-state index contributed by atoms with van der Waals surface area (Å²) < 4.78 is 17.9. The molecule has 1 amide bonds. The molecule has 0 saturated heterocycles. The number of carbonyl (C=O) groups excluding carboxylic acids is 1. The fraction of sp³-hybridized carbons (Fsp3) is 0.176. The average molecular weight is 353 g/mol. The molecule has 0 atom stereocenters. The first-order chi connectivity index (χ1) is 12.5. The van der Waals surface area contributed by atoms with E-state index in [9.17, 15) is 4.79 Å². The second kappa shape index (κ2) is 6.03. The molecule has 0 bridgehead atoms. The lowest BCUT2D eigenvalue weighted by Crippen LogP contribution is -2.10. The van der Waals surface area contributed by atoms with Gasteiger partial charge in [-0.05, 0) is 25.1 Å². The van der Waals surface area contributed by atoms with Gasteiger partial charge in [-0.3, -0.25) is 14.8 Å². The monoisotopic (exact) mass is 353 g/mol. The predicted molar refractivity (Wildman–Crippen MR) is 92.0 cm³/mol. The molecule has 0 radical (unpaired) electrons. The Bertz CT molecular complexity index is 1110. The van der Waals surface area contributed by atoms with Crippen molar-refractivity contribution < 1.29 is 18.4 Å². The summed E-state index contributed by atoms with van der Waals surface area (Å²) in [4.78, 5) is 12.4. The third kappa shape index (κ3) is 2.69. The van der Waals surface area contributed by atoms with Gasteiger partial charge in [0.25, 0.3) is 11.8 Å². The van der Waals surface area contributed by atoms with Gasteiger partial charge >= 0.3 is 6.01 Å². The van der Waals surface area contributed by atoms with Gasteiger partial charge in [0.2, 0.25) is 0 Å². The average Bonchev–Trinajstić information content (AvgIpc) is 3.32. The minimum atomic E-state index is -0.500. The number of fused-ring (bicyclic) bond motifs is 1. The van der Waals surface area contributed by atoms with E-state index in [2.05, 4.69) is 20.6 Å². The topological polar surface area (TPSA) is 108 Å². The molecule has 9 nitrogen and oxygen atoms in total. The van der Waals surface area contributed by atoms with Crippen molar-refractivity contribution in [2.24, 2.45) is 7.05 Å². The number of nitrogens with one attached hydrogen (secondary N) is 1. The summed E-state index contributed by atoms with van der Waals surface area (Å²) in [5.41, 5.74) is 1.98. The molecule has 0 spiro atoms. The first-order valence-corrected chi connectivity index (χ1v) is 7.77. The van der Waals surface area contributed by atoms with Crippen LogP contribution in [0.25, 0.3) is 22.6 Å². The fourth-order valence-corrected chi connectivity index (χ4v) is 2.66. The summed E-state index contributed by atoms with van der Waals surface area (Å²) in [6.45, 7) is 1.86. The number of furan rings is 1. The van der Waals surface area contributed by atoms with Gasteiger partial charge in [-0.15, -0.1) is 5.10 Å². The van der Waals surface area contributed by atoms with E-state index in [1.165, 1.54) is 7.11 Å². The second-order valence-corrected chi connectivity index (χ2v) is 5.65. The number of nitrogens with zero attached hydrogens (tertiary/aromatic N) is 4. The molecule has 4 rings (SSSR count). The maximum absolute atomic E-state index is 12.4. The van der Waals surface area contributed by atoms with Crippen molar-refractivity contribution in [2.75, 3.05) is 12.4 Å². The van der Waals surface area contributed by atoms with Crippen molar-refractivity contribution >= 4 is 22.9 Å². The second-order valence-electron chi connectivity index (χ2n) is 5.65. The Morgan fingerprint density at radius 3 is 2.81 bits per heavy atom. The maximum atomic E-state index is 12.4. The van der Waals surface area contributed by atoms with Crippen molar-refractivity contribution in [3.63, 3.8) is 0 Å². The summed E-state index contributed by atoms with van der Waals surface area (Å²) >= 11 is 0. The van der Waals surface area contributed by atoms with Crippen molar-refractivity contribution in [3.05, 3.63) is 41.8 Å². The van der Waals surface area contributed by atoms with Crippen LogP contribution in [-0.4, -0.2) is 33.0 Å². The lowest BCUT2D eigenvalue weighted by Gasteiger charge is -1.99. The molecule has 0 fully saturated rings. The van der Waals surface area contributed by atoms with Crippen LogP contribution in [0.1, 0.15) is 16.2 Å². The number of para-hydroxylation sites is 1. The van der Waals surface area contributed by atoms with E-state index < -0.39 is 5.91 Å². The Kier molecular flexibility index (Phi) is 3.68. The Morgan fingerprint density at radius 2 is 2.08 bits per heavy atom. The highest BCUT2D eigenvalue weighted by Gasteiger charge is 2.19. The van der Waals surface area contributed by atoms with E-state index in [-0.39, 0.29) is 17.7 Å². The quantitative estimate of drug-likeness (QED) is 0.601. The van der Waals surface area contributed by atoms with Crippen LogP contribution < -0.4 is 10.1 Å². The van der Waals surface area contributed by atoms with E-state index in [4.69, 9.17) is 13.6 Å². The molecule has 0 unspecified atom stereocenters. The van der Waals surface area contributed by atoms with Crippen LogP contribution in [0.3, 0.4) is 0 Å². The number of aryl methyl sites for hydroxylation is 2. The van der Waals surface area contributed by atoms with Gasteiger partial charge in [0, 0.05) is 12.4 Å². The first kappa shape index (κ1) is 15.9. The summed E-state index contributed by atoms with van der Waals surface area (Å²) in [5, 5.41) is 15.3. The third-order valence-corrected chi connectivity index (χ3v) is 3.82. The van der Waals surface area contributed by atoms with Crippen LogP contribution in [0, 0.1) is 6.92 Å². The Labute approximate surface area is 147 Å². The molecule has 0 aliphatic carbocycles. The molecule has 0 aliphatic heterocycles. The molecule has 9 heteroatoms. The molecule has 1 N–H and O–H groups in total.